The fraction of sp³-hybridized carbons (Fsp3) is 0. The maximum atomic E-state index is 9.56. The summed E-state index contributed by atoms with van der Waals surface area (Å²) in [6.45, 7) is 0. The normalized spacial score (nSPS) is 9.79. The molecule has 14 heavy (non-hydrogen) atoms. The van der Waals surface area contributed by atoms with Gasteiger partial charge in [0.1, 0.15) is 0 Å². The molecule has 0 aromatic carbocycles. The molecule has 0 aliphatic heterocycles. The molecule has 2 heterocycles. The Labute approximate surface area is 78.2 Å². The van der Waals surface area contributed by atoms with Crippen molar-refractivity contribution in [2.45, 2.75) is 0 Å². The van der Waals surface area contributed by atoms with Crippen LogP contribution in [0.2, 0.25) is 0 Å². The van der Waals surface area contributed by atoms with Crippen LogP contribution in [0.15, 0.2) is 24.5 Å². The average molecular weight is 191 g/mol. The highest BCUT2D eigenvalue weighted by Gasteiger charge is 2.08. The van der Waals surface area contributed by atoms with E-state index in [0.717, 1.165) is 5.06 Å². The van der Waals surface area contributed by atoms with Gasteiger partial charge in [-0.15, -0.1) is 20.4 Å². The molecule has 0 fully saturated rings. The topological polar surface area (TPSA) is 101 Å². The molecule has 0 aliphatic carbocycles. The predicted octanol–water partition coefficient (Wildman–Crippen LogP) is -0.416. The van der Waals surface area contributed by atoms with E-state index in [-0.39, 0.29) is 11.6 Å². The predicted molar refractivity (Wildman–Crippen MR) is 43.6 cm³/mol. The average Bonchev–Trinajstić information content (AvgIpc) is 2.30. The molecule has 2 aromatic heterocycles. The van der Waals surface area contributed by atoms with Crippen LogP contribution in [0.4, 0.5) is 11.6 Å². The molecule has 0 unspecified atom stereocenters. The van der Waals surface area contributed by atoms with Crippen molar-refractivity contribution >= 4 is 11.6 Å². The molecule has 0 saturated carbocycles. The molecule has 70 valence electrons. The Morgan fingerprint density at radius 1 is 0.929 bits per heavy atom. The van der Waals surface area contributed by atoms with Gasteiger partial charge >= 0.3 is 0 Å². The minimum Gasteiger partial charge on any atom is -0.280 e. The highest BCUT2D eigenvalue weighted by Crippen LogP contribution is 2.14. The molecule has 0 atom stereocenters. The first-order chi connectivity index (χ1) is 6.88. The van der Waals surface area contributed by atoms with Crippen LogP contribution in [0.5, 0.6) is 0 Å². The van der Waals surface area contributed by atoms with E-state index >= 15 is 0 Å². The Morgan fingerprint density at radius 3 is 1.79 bits per heavy atom. The Bertz CT molecular complexity index is 354. The summed E-state index contributed by atoms with van der Waals surface area (Å²) in [6, 6.07) is 2.96. The summed E-state index contributed by atoms with van der Waals surface area (Å²) in [5, 5.41) is 31.1. The zero-order valence-corrected chi connectivity index (χ0v) is 6.89. The van der Waals surface area contributed by atoms with Gasteiger partial charge in [-0.25, -0.2) is 0 Å². The summed E-state index contributed by atoms with van der Waals surface area (Å²) in [5.41, 5.74) is 0. The molecule has 2 aromatic rings. The zero-order valence-electron chi connectivity index (χ0n) is 6.89. The minimum absolute atomic E-state index is 0.209. The van der Waals surface area contributed by atoms with Crippen molar-refractivity contribution in [1.82, 2.24) is 30.8 Å². The van der Waals surface area contributed by atoms with Crippen molar-refractivity contribution in [2.24, 2.45) is 0 Å². The third kappa shape index (κ3) is 1.59. The largest absolute Gasteiger partial charge is 0.280 e. The number of aromatic nitrogens is 6. The summed E-state index contributed by atoms with van der Waals surface area (Å²) >= 11 is 0. The molecular formula is C6H5N7O. The lowest BCUT2D eigenvalue weighted by molar-refractivity contribution is 0.291. The molecule has 8 heteroatoms. The molecular weight excluding hydrogens is 186 g/mol. The van der Waals surface area contributed by atoms with Gasteiger partial charge in [0, 0.05) is 12.1 Å². The highest BCUT2D eigenvalue weighted by atomic mass is 16.5. The van der Waals surface area contributed by atoms with Gasteiger partial charge in [-0.1, -0.05) is 0 Å². The lowest BCUT2D eigenvalue weighted by Gasteiger charge is -2.11. The first-order valence-electron chi connectivity index (χ1n) is 3.65. The van der Waals surface area contributed by atoms with Gasteiger partial charge < -0.3 is 0 Å². The standard InChI is InChI=1S/C6H5N7O/c14-13(5-1-3-7-11-9-5)6-2-4-8-12-10-6/h1-4,14H. The summed E-state index contributed by atoms with van der Waals surface area (Å²) in [6.07, 6.45) is 2.81. The van der Waals surface area contributed by atoms with E-state index in [1.165, 1.54) is 24.5 Å². The van der Waals surface area contributed by atoms with Gasteiger partial charge in [0.2, 0.25) is 0 Å². The number of nitrogens with zero attached hydrogens (tertiary/aromatic N) is 7. The lowest BCUT2D eigenvalue weighted by atomic mass is 10.5. The van der Waals surface area contributed by atoms with Crippen molar-refractivity contribution in [3.05, 3.63) is 24.5 Å². The van der Waals surface area contributed by atoms with E-state index in [1.54, 1.807) is 0 Å². The van der Waals surface area contributed by atoms with Crippen LogP contribution in [0.25, 0.3) is 0 Å². The van der Waals surface area contributed by atoms with E-state index < -0.39 is 0 Å². The third-order valence-corrected chi connectivity index (χ3v) is 1.41. The number of hydrogen-bond acceptors (Lipinski definition) is 8. The van der Waals surface area contributed by atoms with E-state index in [1.807, 2.05) is 0 Å². The molecule has 0 bridgehead atoms. The van der Waals surface area contributed by atoms with Gasteiger partial charge in [-0.05, 0) is 10.4 Å². The maximum absolute atomic E-state index is 9.56. The zero-order chi connectivity index (χ0) is 9.80. The second-order valence-corrected chi connectivity index (χ2v) is 2.27. The SMILES string of the molecule is ON(c1ccnnn1)c1ccnnn1. The van der Waals surface area contributed by atoms with Crippen molar-refractivity contribution in [3.8, 4) is 0 Å². The summed E-state index contributed by atoms with van der Waals surface area (Å²) < 4.78 is 0. The van der Waals surface area contributed by atoms with E-state index in [2.05, 4.69) is 30.8 Å². The molecule has 0 radical (unpaired) electrons. The second kappa shape index (κ2) is 3.66. The molecule has 0 spiro atoms. The summed E-state index contributed by atoms with van der Waals surface area (Å²) in [5.74, 6) is 0.418. The van der Waals surface area contributed by atoms with Crippen LogP contribution in [0.3, 0.4) is 0 Å². The van der Waals surface area contributed by atoms with Gasteiger partial charge in [0.15, 0.2) is 11.6 Å². The third-order valence-electron chi connectivity index (χ3n) is 1.41. The van der Waals surface area contributed by atoms with Crippen LogP contribution in [-0.4, -0.2) is 36.0 Å². The quantitative estimate of drug-likeness (QED) is 0.639. The molecule has 8 nitrogen and oxygen atoms in total. The van der Waals surface area contributed by atoms with Crippen LogP contribution in [0, 0.1) is 0 Å². The minimum atomic E-state index is 0.209. The molecule has 0 amide bonds. The van der Waals surface area contributed by atoms with Gasteiger partial charge in [-0.2, -0.15) is 5.06 Å². The van der Waals surface area contributed by atoms with E-state index in [4.69, 9.17) is 0 Å². The van der Waals surface area contributed by atoms with E-state index in [9.17, 15) is 5.21 Å². The van der Waals surface area contributed by atoms with Crippen LogP contribution >= 0.6 is 0 Å². The Kier molecular flexibility index (Phi) is 2.19. The maximum Gasteiger partial charge on any atom is 0.185 e. The first kappa shape index (κ1) is 8.38. The van der Waals surface area contributed by atoms with Crippen LogP contribution in [-0.2, 0) is 0 Å². The van der Waals surface area contributed by atoms with Gasteiger partial charge in [0.05, 0.1) is 12.4 Å². The van der Waals surface area contributed by atoms with Gasteiger partial charge in [0.25, 0.3) is 0 Å². The number of rotatable bonds is 2. The molecule has 0 saturated heterocycles. The fourth-order valence-corrected chi connectivity index (χ4v) is 0.813. The van der Waals surface area contributed by atoms with Crippen molar-refractivity contribution in [1.29, 1.82) is 0 Å². The van der Waals surface area contributed by atoms with Crippen LogP contribution in [0.1, 0.15) is 0 Å². The Morgan fingerprint density at radius 2 is 1.43 bits per heavy atom. The summed E-state index contributed by atoms with van der Waals surface area (Å²) in [7, 11) is 0. The number of anilines is 2. The van der Waals surface area contributed by atoms with Crippen molar-refractivity contribution in [2.75, 3.05) is 5.06 Å². The molecule has 0 aliphatic rings. The Hall–Kier alpha value is -2.22. The van der Waals surface area contributed by atoms with Gasteiger partial charge in [-0.3, -0.25) is 5.21 Å². The smallest absolute Gasteiger partial charge is 0.185 e. The highest BCUT2D eigenvalue weighted by molar-refractivity contribution is 5.49. The fourth-order valence-electron chi connectivity index (χ4n) is 0.813. The Balaban J connectivity index is 2.30. The van der Waals surface area contributed by atoms with Crippen molar-refractivity contribution < 1.29 is 5.21 Å². The molecule has 2 rings (SSSR count). The number of hydrogen-bond donors (Lipinski definition) is 1. The second-order valence-electron chi connectivity index (χ2n) is 2.27. The van der Waals surface area contributed by atoms with E-state index in [0.29, 0.717) is 0 Å². The lowest BCUT2D eigenvalue weighted by Crippen LogP contribution is -2.15. The van der Waals surface area contributed by atoms with Crippen molar-refractivity contribution in [3.63, 3.8) is 0 Å². The van der Waals surface area contributed by atoms with Crippen LogP contribution < -0.4 is 5.06 Å². The first-order valence-corrected chi connectivity index (χ1v) is 3.65. The molecule has 1 N–H and O–H groups in total. The summed E-state index contributed by atoms with van der Waals surface area (Å²) in [4.78, 5) is 0. The monoisotopic (exact) mass is 191 g/mol.